The lowest BCUT2D eigenvalue weighted by molar-refractivity contribution is -0.146. The zero-order chi connectivity index (χ0) is 16.9. The third-order valence-corrected chi connectivity index (χ3v) is 4.63. The third-order valence-electron chi connectivity index (χ3n) is 4.40. The van der Waals surface area contributed by atoms with E-state index in [1.165, 1.54) is 4.90 Å². The second-order valence-corrected chi connectivity index (χ2v) is 6.29. The molecule has 0 unspecified atom stereocenters. The van der Waals surface area contributed by atoms with Gasteiger partial charge in [0, 0.05) is 17.6 Å². The van der Waals surface area contributed by atoms with Gasteiger partial charge < -0.3 is 14.4 Å². The SMILES string of the molecule is CN1C(=O)[C@@]2(O[C@H]2C(=O)OCc2ccccc2)c2cc(Cl)ccc21. The van der Waals surface area contributed by atoms with Crippen LogP contribution in [0.4, 0.5) is 5.69 Å². The summed E-state index contributed by atoms with van der Waals surface area (Å²) >= 11 is 6.04. The molecule has 24 heavy (non-hydrogen) atoms. The Kier molecular flexibility index (Phi) is 3.37. The largest absolute Gasteiger partial charge is 0.459 e. The number of esters is 1. The van der Waals surface area contributed by atoms with E-state index >= 15 is 0 Å². The van der Waals surface area contributed by atoms with Gasteiger partial charge in [0.1, 0.15) is 6.61 Å². The Hall–Kier alpha value is -2.37. The predicted molar refractivity (Wildman–Crippen MR) is 87.7 cm³/mol. The highest BCUT2D eigenvalue weighted by Gasteiger charge is 2.72. The number of halogens is 1. The number of hydrogen-bond acceptors (Lipinski definition) is 4. The maximum Gasteiger partial charge on any atom is 0.339 e. The molecular weight excluding hydrogens is 330 g/mol. The molecule has 1 amide bonds. The minimum atomic E-state index is -1.29. The van der Waals surface area contributed by atoms with Gasteiger partial charge in [0.05, 0.1) is 5.69 Å². The molecule has 0 radical (unpaired) electrons. The lowest BCUT2D eigenvalue weighted by Crippen LogP contribution is -2.33. The Labute approximate surface area is 143 Å². The van der Waals surface area contributed by atoms with Gasteiger partial charge in [0.25, 0.3) is 5.91 Å². The predicted octanol–water partition coefficient (Wildman–Crippen LogP) is 2.65. The number of rotatable bonds is 3. The molecular formula is C18H14ClNO4. The van der Waals surface area contributed by atoms with E-state index in [0.717, 1.165) is 5.56 Å². The first-order valence-electron chi connectivity index (χ1n) is 7.50. The molecule has 0 aliphatic carbocycles. The highest BCUT2D eigenvalue weighted by atomic mass is 35.5. The summed E-state index contributed by atoms with van der Waals surface area (Å²) in [5, 5.41) is 0.489. The van der Waals surface area contributed by atoms with Gasteiger partial charge in [-0.25, -0.2) is 4.79 Å². The summed E-state index contributed by atoms with van der Waals surface area (Å²) in [5.41, 5.74) is 0.897. The number of nitrogens with zero attached hydrogens (tertiary/aromatic N) is 1. The molecule has 6 heteroatoms. The maximum absolute atomic E-state index is 12.6. The van der Waals surface area contributed by atoms with Crippen molar-refractivity contribution >= 4 is 29.2 Å². The molecule has 2 aliphatic heterocycles. The summed E-state index contributed by atoms with van der Waals surface area (Å²) in [6, 6.07) is 14.5. The van der Waals surface area contributed by atoms with Crippen molar-refractivity contribution in [1.29, 1.82) is 0 Å². The van der Waals surface area contributed by atoms with Crippen molar-refractivity contribution in [2.45, 2.75) is 18.3 Å². The van der Waals surface area contributed by atoms with Gasteiger partial charge in [0.2, 0.25) is 5.60 Å². The van der Waals surface area contributed by atoms with E-state index in [1.807, 2.05) is 30.3 Å². The summed E-state index contributed by atoms with van der Waals surface area (Å²) in [5.74, 6) is -0.824. The van der Waals surface area contributed by atoms with Crippen molar-refractivity contribution < 1.29 is 19.1 Å². The number of hydrogen-bond donors (Lipinski definition) is 0. The van der Waals surface area contributed by atoms with Crippen molar-refractivity contribution in [3.8, 4) is 0 Å². The first kappa shape index (κ1) is 15.2. The Bertz CT molecular complexity index is 838. The smallest absolute Gasteiger partial charge is 0.339 e. The molecule has 2 aliphatic rings. The second-order valence-electron chi connectivity index (χ2n) is 5.85. The van der Waals surface area contributed by atoms with Crippen molar-refractivity contribution in [2.24, 2.45) is 0 Å². The number of carbonyl (C=O) groups excluding carboxylic acids is 2. The normalized spacial score (nSPS) is 24.2. The van der Waals surface area contributed by atoms with E-state index in [1.54, 1.807) is 25.2 Å². The van der Waals surface area contributed by atoms with Crippen molar-refractivity contribution in [3.63, 3.8) is 0 Å². The zero-order valence-corrected chi connectivity index (χ0v) is 13.6. The van der Waals surface area contributed by atoms with Crippen LogP contribution in [0, 0.1) is 0 Å². The molecule has 4 rings (SSSR count). The number of likely N-dealkylation sites (N-methyl/N-ethyl adjacent to an activating group) is 1. The molecule has 1 fully saturated rings. The highest BCUT2D eigenvalue weighted by molar-refractivity contribution is 6.31. The molecule has 122 valence electrons. The van der Waals surface area contributed by atoms with Gasteiger partial charge >= 0.3 is 5.97 Å². The molecule has 0 aromatic heterocycles. The Morgan fingerprint density at radius 2 is 2.04 bits per heavy atom. The van der Waals surface area contributed by atoms with Crippen LogP contribution >= 0.6 is 11.6 Å². The van der Waals surface area contributed by atoms with Crippen LogP contribution in [-0.2, 0) is 31.3 Å². The number of anilines is 1. The Morgan fingerprint density at radius 3 is 2.79 bits per heavy atom. The van der Waals surface area contributed by atoms with Crippen molar-refractivity contribution in [1.82, 2.24) is 0 Å². The fourth-order valence-corrected chi connectivity index (χ4v) is 3.28. The van der Waals surface area contributed by atoms with Gasteiger partial charge in [-0.2, -0.15) is 0 Å². The summed E-state index contributed by atoms with van der Waals surface area (Å²) in [6.07, 6.45) is -0.934. The standard InChI is InChI=1S/C18H14ClNO4/c1-20-14-8-7-12(19)9-13(14)18(17(20)22)15(24-18)16(21)23-10-11-5-3-2-4-6-11/h2-9,15H,10H2,1H3/t15-,18+/m0/s1. The van der Waals surface area contributed by atoms with E-state index in [4.69, 9.17) is 21.1 Å². The molecule has 2 aromatic rings. The van der Waals surface area contributed by atoms with Crippen molar-refractivity contribution in [2.75, 3.05) is 11.9 Å². The van der Waals surface area contributed by atoms with Crippen LogP contribution in [0.1, 0.15) is 11.1 Å². The number of carbonyl (C=O) groups is 2. The van der Waals surface area contributed by atoms with Crippen LogP contribution in [0.3, 0.4) is 0 Å². The average molecular weight is 344 g/mol. The Morgan fingerprint density at radius 1 is 1.29 bits per heavy atom. The second kappa shape index (κ2) is 5.33. The Balaban J connectivity index is 1.55. The lowest BCUT2D eigenvalue weighted by Gasteiger charge is -2.08. The van der Waals surface area contributed by atoms with Gasteiger partial charge in [-0.1, -0.05) is 41.9 Å². The first-order chi connectivity index (χ1) is 11.5. The monoisotopic (exact) mass is 343 g/mol. The van der Waals surface area contributed by atoms with E-state index in [0.29, 0.717) is 16.3 Å². The summed E-state index contributed by atoms with van der Waals surface area (Å²) in [4.78, 5) is 26.4. The van der Waals surface area contributed by atoms with E-state index in [9.17, 15) is 9.59 Å². The minimum absolute atomic E-state index is 0.141. The van der Waals surface area contributed by atoms with Crippen LogP contribution in [-0.4, -0.2) is 25.0 Å². The summed E-state index contributed by atoms with van der Waals surface area (Å²) in [7, 11) is 1.65. The number of epoxide rings is 1. The van der Waals surface area contributed by atoms with Gasteiger partial charge in [-0.15, -0.1) is 0 Å². The highest BCUT2D eigenvalue weighted by Crippen LogP contribution is 2.56. The van der Waals surface area contributed by atoms with E-state index < -0.39 is 17.7 Å². The van der Waals surface area contributed by atoms with Crippen LogP contribution < -0.4 is 4.90 Å². The van der Waals surface area contributed by atoms with Crippen LogP contribution in [0.25, 0.3) is 0 Å². The van der Waals surface area contributed by atoms with Crippen LogP contribution in [0.2, 0.25) is 5.02 Å². The van der Waals surface area contributed by atoms with Crippen molar-refractivity contribution in [3.05, 3.63) is 64.7 Å². The molecule has 2 heterocycles. The molecule has 0 bridgehead atoms. The quantitative estimate of drug-likeness (QED) is 0.635. The fourth-order valence-electron chi connectivity index (χ4n) is 3.11. The average Bonchev–Trinajstić information content (AvgIpc) is 3.32. The van der Waals surface area contributed by atoms with E-state index in [2.05, 4.69) is 0 Å². The molecule has 1 spiro atoms. The van der Waals surface area contributed by atoms with Crippen LogP contribution in [0.15, 0.2) is 48.5 Å². The van der Waals surface area contributed by atoms with Gasteiger partial charge in [-0.3, -0.25) is 4.79 Å². The van der Waals surface area contributed by atoms with Crippen LogP contribution in [0.5, 0.6) is 0 Å². The molecule has 0 N–H and O–H groups in total. The number of benzene rings is 2. The van der Waals surface area contributed by atoms with E-state index in [-0.39, 0.29) is 12.5 Å². The summed E-state index contributed by atoms with van der Waals surface area (Å²) in [6.45, 7) is 0.141. The lowest BCUT2D eigenvalue weighted by atomic mass is 9.97. The molecule has 1 saturated heterocycles. The maximum atomic E-state index is 12.6. The number of ether oxygens (including phenoxy) is 2. The number of fused-ring (bicyclic) bond motifs is 2. The fraction of sp³-hybridized carbons (Fsp3) is 0.222. The first-order valence-corrected chi connectivity index (χ1v) is 7.88. The topological polar surface area (TPSA) is 59.1 Å². The zero-order valence-electron chi connectivity index (χ0n) is 12.9. The van der Waals surface area contributed by atoms with Gasteiger partial charge in [-0.05, 0) is 23.8 Å². The molecule has 2 aromatic carbocycles. The number of amides is 1. The third kappa shape index (κ3) is 2.12. The molecule has 2 atom stereocenters. The molecule has 0 saturated carbocycles. The van der Waals surface area contributed by atoms with Gasteiger partial charge in [0.15, 0.2) is 6.10 Å². The molecule has 5 nitrogen and oxygen atoms in total. The summed E-state index contributed by atoms with van der Waals surface area (Å²) < 4.78 is 10.9. The minimum Gasteiger partial charge on any atom is -0.459 e.